The van der Waals surface area contributed by atoms with Crippen molar-refractivity contribution in [3.05, 3.63) is 94.5 Å². The molecule has 0 aliphatic carbocycles. The predicted octanol–water partition coefficient (Wildman–Crippen LogP) is 4.44. The molecule has 3 heterocycles. The Hall–Kier alpha value is -2.85. The van der Waals surface area contributed by atoms with Gasteiger partial charge in [-0.1, -0.05) is 36.0 Å². The topological polar surface area (TPSA) is 34.9 Å². The van der Waals surface area contributed by atoms with Crippen LogP contribution in [0.25, 0.3) is 16.6 Å². The van der Waals surface area contributed by atoms with Gasteiger partial charge in [0.25, 0.3) is 0 Å². The van der Waals surface area contributed by atoms with Gasteiger partial charge in [0.1, 0.15) is 0 Å². The van der Waals surface area contributed by atoms with Crippen LogP contribution in [0.5, 0.6) is 0 Å². The first-order chi connectivity index (χ1) is 12.3. The van der Waals surface area contributed by atoms with Gasteiger partial charge < -0.3 is 4.57 Å². The van der Waals surface area contributed by atoms with Crippen molar-refractivity contribution in [3.63, 3.8) is 0 Å². The zero-order valence-corrected chi connectivity index (χ0v) is 14.2. The van der Waals surface area contributed by atoms with Crippen molar-refractivity contribution >= 4 is 22.7 Å². The zero-order chi connectivity index (χ0) is 16.8. The highest BCUT2D eigenvalue weighted by molar-refractivity contribution is 7.99. The summed E-state index contributed by atoms with van der Waals surface area (Å²) in [7, 11) is 0. The molecule has 0 saturated carbocycles. The largest absolute Gasteiger partial charge is 0.314 e. The van der Waals surface area contributed by atoms with E-state index in [0.29, 0.717) is 6.42 Å². The molecule has 0 amide bonds. The van der Waals surface area contributed by atoms with Gasteiger partial charge in [0.05, 0.1) is 11.2 Å². The van der Waals surface area contributed by atoms with Crippen LogP contribution in [0.15, 0.2) is 87.8 Å². The van der Waals surface area contributed by atoms with Crippen LogP contribution < -0.4 is 5.43 Å². The van der Waals surface area contributed by atoms with Gasteiger partial charge in [-0.3, -0.25) is 9.78 Å². The van der Waals surface area contributed by atoms with Gasteiger partial charge >= 0.3 is 0 Å². The molecule has 4 aromatic rings. The van der Waals surface area contributed by atoms with Crippen LogP contribution in [-0.2, 0) is 6.42 Å². The maximum absolute atomic E-state index is 13.0. The number of nitrogens with zero attached hydrogens (tertiary/aromatic N) is 2. The lowest BCUT2D eigenvalue weighted by molar-refractivity contribution is 0.993. The van der Waals surface area contributed by atoms with E-state index in [1.54, 1.807) is 18.0 Å². The van der Waals surface area contributed by atoms with E-state index in [1.807, 2.05) is 42.7 Å². The van der Waals surface area contributed by atoms with Crippen LogP contribution in [0, 0.1) is 0 Å². The predicted molar refractivity (Wildman–Crippen MR) is 101 cm³/mol. The van der Waals surface area contributed by atoms with Crippen LogP contribution in [0.1, 0.15) is 11.1 Å². The summed E-state index contributed by atoms with van der Waals surface area (Å²) in [5.74, 6) is 0. The molecule has 25 heavy (non-hydrogen) atoms. The lowest BCUT2D eigenvalue weighted by Crippen LogP contribution is -2.16. The summed E-state index contributed by atoms with van der Waals surface area (Å²) in [6, 6.07) is 18.2. The van der Waals surface area contributed by atoms with E-state index in [-0.39, 0.29) is 5.43 Å². The molecule has 0 bridgehead atoms. The van der Waals surface area contributed by atoms with Crippen LogP contribution in [-0.4, -0.2) is 9.55 Å². The summed E-state index contributed by atoms with van der Waals surface area (Å²) in [5.41, 5.74) is 4.08. The lowest BCUT2D eigenvalue weighted by Gasteiger charge is -2.23. The average molecular weight is 342 g/mol. The minimum absolute atomic E-state index is 0.108. The van der Waals surface area contributed by atoms with Crippen molar-refractivity contribution in [2.45, 2.75) is 16.2 Å². The molecule has 0 radical (unpaired) electrons. The molecule has 2 aromatic heterocycles. The minimum Gasteiger partial charge on any atom is -0.314 e. The highest BCUT2D eigenvalue weighted by atomic mass is 32.2. The number of rotatable bonds is 2. The summed E-state index contributed by atoms with van der Waals surface area (Å²) >= 11 is 1.72. The van der Waals surface area contributed by atoms with Crippen molar-refractivity contribution < 1.29 is 0 Å². The standard InChI is InChI=1S/C21H14N2OS/c24-21-15(11-14-5-4-10-22-12-14)13-23-17-7-1-2-8-18(17)25-19-9-3-6-16(21)20(19)23/h1-10,12-13H,11H2. The molecule has 0 unspecified atom stereocenters. The van der Waals surface area contributed by atoms with Crippen molar-refractivity contribution in [2.24, 2.45) is 0 Å². The summed E-state index contributed by atoms with van der Waals surface area (Å²) in [5, 5.41) is 0.779. The van der Waals surface area contributed by atoms with Crippen LogP contribution in [0.3, 0.4) is 0 Å². The van der Waals surface area contributed by atoms with E-state index in [0.717, 1.165) is 32.6 Å². The molecule has 0 atom stereocenters. The third-order valence-electron chi connectivity index (χ3n) is 4.52. The Balaban J connectivity index is 1.81. The highest BCUT2D eigenvalue weighted by Crippen LogP contribution is 2.41. The number of pyridine rings is 2. The molecule has 5 rings (SSSR count). The monoisotopic (exact) mass is 342 g/mol. The van der Waals surface area contributed by atoms with Crippen molar-refractivity contribution in [1.82, 2.24) is 9.55 Å². The Morgan fingerprint density at radius 1 is 0.960 bits per heavy atom. The van der Waals surface area contributed by atoms with Gasteiger partial charge in [0.2, 0.25) is 0 Å². The second kappa shape index (κ2) is 5.60. The van der Waals surface area contributed by atoms with Gasteiger partial charge in [-0.25, -0.2) is 0 Å². The van der Waals surface area contributed by atoms with Crippen LogP contribution >= 0.6 is 11.8 Å². The molecule has 120 valence electrons. The van der Waals surface area contributed by atoms with E-state index >= 15 is 0 Å². The molecule has 0 saturated heterocycles. The van der Waals surface area contributed by atoms with Crippen molar-refractivity contribution in [1.29, 1.82) is 0 Å². The molecule has 0 fully saturated rings. The SMILES string of the molecule is O=c1c(Cc2cccnc2)cn2c3c(cccc13)Sc1ccccc1-2. The van der Waals surface area contributed by atoms with Crippen molar-refractivity contribution in [2.75, 3.05) is 0 Å². The summed E-state index contributed by atoms with van der Waals surface area (Å²) in [6.45, 7) is 0. The average Bonchev–Trinajstić information content (AvgIpc) is 2.66. The number of para-hydroxylation sites is 2. The fourth-order valence-electron chi connectivity index (χ4n) is 3.39. The molecule has 1 aliphatic heterocycles. The Labute approximate surface area is 149 Å². The van der Waals surface area contributed by atoms with Gasteiger partial charge in [-0.05, 0) is 35.9 Å². The number of hydrogen-bond acceptors (Lipinski definition) is 3. The normalized spacial score (nSPS) is 12.2. The Kier molecular flexibility index (Phi) is 3.25. The Morgan fingerprint density at radius 3 is 2.72 bits per heavy atom. The van der Waals surface area contributed by atoms with Gasteiger partial charge in [0, 0.05) is 45.8 Å². The van der Waals surface area contributed by atoms with Gasteiger partial charge in [-0.15, -0.1) is 0 Å². The molecule has 1 aliphatic rings. The first-order valence-electron chi connectivity index (χ1n) is 8.15. The molecular weight excluding hydrogens is 328 g/mol. The van der Waals surface area contributed by atoms with E-state index in [2.05, 4.69) is 33.8 Å². The maximum Gasteiger partial charge on any atom is 0.192 e. The third-order valence-corrected chi connectivity index (χ3v) is 5.64. The summed E-state index contributed by atoms with van der Waals surface area (Å²) in [4.78, 5) is 19.5. The number of hydrogen-bond donors (Lipinski definition) is 0. The molecule has 0 N–H and O–H groups in total. The number of fused-ring (bicyclic) bond motifs is 2. The minimum atomic E-state index is 0.108. The third kappa shape index (κ3) is 2.29. The van der Waals surface area contributed by atoms with Gasteiger partial charge in [-0.2, -0.15) is 0 Å². The smallest absolute Gasteiger partial charge is 0.192 e. The maximum atomic E-state index is 13.0. The quantitative estimate of drug-likeness (QED) is 0.476. The molecular formula is C21H14N2OS. The van der Waals surface area contributed by atoms with Crippen molar-refractivity contribution in [3.8, 4) is 5.69 Å². The Morgan fingerprint density at radius 2 is 1.84 bits per heavy atom. The fraction of sp³-hybridized carbons (Fsp3) is 0.0476. The fourth-order valence-corrected chi connectivity index (χ4v) is 4.49. The number of benzene rings is 2. The second-order valence-corrected chi connectivity index (χ2v) is 7.20. The Bertz CT molecular complexity index is 1170. The van der Waals surface area contributed by atoms with Crippen LogP contribution in [0.4, 0.5) is 0 Å². The van der Waals surface area contributed by atoms with Gasteiger partial charge in [0.15, 0.2) is 5.43 Å². The lowest BCUT2D eigenvalue weighted by atomic mass is 10.0. The summed E-state index contributed by atoms with van der Waals surface area (Å²) in [6.07, 6.45) is 6.15. The summed E-state index contributed by atoms with van der Waals surface area (Å²) < 4.78 is 2.17. The first-order valence-corrected chi connectivity index (χ1v) is 8.96. The van der Waals surface area contributed by atoms with Crippen LogP contribution in [0.2, 0.25) is 0 Å². The molecule has 0 spiro atoms. The molecule has 3 nitrogen and oxygen atoms in total. The second-order valence-electron chi connectivity index (χ2n) is 6.11. The first kappa shape index (κ1) is 14.5. The number of aromatic nitrogens is 2. The molecule has 2 aromatic carbocycles. The van der Waals surface area contributed by atoms with E-state index in [1.165, 1.54) is 4.90 Å². The molecule has 4 heteroatoms. The van der Waals surface area contributed by atoms with E-state index in [9.17, 15) is 4.79 Å². The van der Waals surface area contributed by atoms with E-state index in [4.69, 9.17) is 0 Å². The zero-order valence-electron chi connectivity index (χ0n) is 13.3. The highest BCUT2D eigenvalue weighted by Gasteiger charge is 2.20. The van der Waals surface area contributed by atoms with E-state index < -0.39 is 0 Å².